The molecule has 2 aromatic rings. The number of hydrogen-bond donors (Lipinski definition) is 2. The molecule has 14 heteroatoms. The van der Waals surface area contributed by atoms with Crippen molar-refractivity contribution in [2.75, 3.05) is 12.4 Å². The van der Waals surface area contributed by atoms with Crippen molar-refractivity contribution in [3.05, 3.63) is 60.1 Å². The van der Waals surface area contributed by atoms with E-state index in [2.05, 4.69) is 20.0 Å². The number of hydrogen-bond acceptors (Lipinski definition) is 8. The molecule has 2 aliphatic heterocycles. The second kappa shape index (κ2) is 7.90. The lowest BCUT2D eigenvalue weighted by Gasteiger charge is -2.39. The van der Waals surface area contributed by atoms with E-state index in [-0.39, 0.29) is 17.3 Å². The minimum atomic E-state index is -4.88. The average Bonchev–Trinajstić information content (AvgIpc) is 2.89. The number of ether oxygens (including phenoxy) is 2. The molecular weight excluding hydrogens is 479 g/mol. The Kier molecular flexibility index (Phi) is 5.43. The molecule has 34 heavy (non-hydrogen) atoms. The molecule has 0 aliphatic carbocycles. The Morgan fingerprint density at radius 3 is 2.68 bits per heavy atom. The molecule has 180 valence electrons. The number of nitrogens with two attached hydrogens (primary N) is 1. The average molecular weight is 497 g/mol. The molecule has 1 amide bonds. The highest BCUT2D eigenvalue weighted by Gasteiger charge is 2.51. The molecule has 1 aromatic heterocycles. The number of amides is 1. The van der Waals surface area contributed by atoms with Crippen LogP contribution in [0.5, 0.6) is 11.5 Å². The minimum absolute atomic E-state index is 0.171. The number of guanidine groups is 1. The predicted molar refractivity (Wildman–Crippen MR) is 115 cm³/mol. The number of halogens is 3. The number of fused-ring (bicyclic) bond motifs is 3. The topological polar surface area (TPSA) is 136 Å². The maximum absolute atomic E-state index is 13.0. The summed E-state index contributed by atoms with van der Waals surface area (Å²) >= 11 is 0. The summed E-state index contributed by atoms with van der Waals surface area (Å²) in [5, 5.41) is 1.44. The van der Waals surface area contributed by atoms with Gasteiger partial charge in [-0.1, -0.05) is 0 Å². The van der Waals surface area contributed by atoms with Gasteiger partial charge in [0.25, 0.3) is 5.91 Å². The summed E-state index contributed by atoms with van der Waals surface area (Å²) in [5.74, 6) is -1.19. The van der Waals surface area contributed by atoms with Gasteiger partial charge in [0.1, 0.15) is 28.0 Å². The Bertz CT molecular complexity index is 1310. The number of carbonyl (C=O) groups is 1. The number of sulfonamides is 1. The fourth-order valence-corrected chi connectivity index (χ4v) is 5.32. The van der Waals surface area contributed by atoms with Crippen LogP contribution >= 0.6 is 0 Å². The van der Waals surface area contributed by atoms with Gasteiger partial charge in [-0.3, -0.25) is 4.79 Å². The van der Waals surface area contributed by atoms with E-state index in [1.54, 1.807) is 6.92 Å². The first-order valence-corrected chi connectivity index (χ1v) is 11.2. The van der Waals surface area contributed by atoms with Gasteiger partial charge < -0.3 is 20.5 Å². The van der Waals surface area contributed by atoms with E-state index in [0.29, 0.717) is 11.3 Å². The molecule has 0 bridgehead atoms. The maximum atomic E-state index is 13.0. The summed E-state index contributed by atoms with van der Waals surface area (Å²) in [7, 11) is -2.62. The standard InChI is InChI=1S/C20H18F3N5O5S/c1-19-13-9-11(26-17(29)14-5-4-12(10-25-14)33-20(21,22)23)3-6-15(13)32-8-7-16(19)34(30,31)28(2)18(24)27-19/h3-10,16H,1-2H3,(H2,24,27)(H,26,29)/t16-,19+/m0/s1. The summed E-state index contributed by atoms with van der Waals surface area (Å²) in [4.78, 5) is 20.7. The van der Waals surface area contributed by atoms with Gasteiger partial charge in [0.15, 0.2) is 0 Å². The largest absolute Gasteiger partial charge is 0.573 e. The summed E-state index contributed by atoms with van der Waals surface area (Å²) in [6.07, 6.45) is -1.49. The first-order chi connectivity index (χ1) is 15.8. The van der Waals surface area contributed by atoms with Crippen molar-refractivity contribution in [1.29, 1.82) is 0 Å². The fraction of sp³-hybridized carbons (Fsp3) is 0.250. The fourth-order valence-electron chi connectivity index (χ4n) is 3.66. The smallest absolute Gasteiger partial charge is 0.465 e. The Morgan fingerprint density at radius 2 is 2.03 bits per heavy atom. The van der Waals surface area contributed by atoms with Gasteiger partial charge in [-0.15, -0.1) is 13.2 Å². The van der Waals surface area contributed by atoms with Gasteiger partial charge in [-0.2, -0.15) is 0 Å². The van der Waals surface area contributed by atoms with Gasteiger partial charge in [0.2, 0.25) is 16.0 Å². The van der Waals surface area contributed by atoms with Gasteiger partial charge in [0, 0.05) is 18.3 Å². The third kappa shape index (κ3) is 4.11. The monoisotopic (exact) mass is 497 g/mol. The molecule has 0 saturated heterocycles. The number of nitrogens with zero attached hydrogens (tertiary/aromatic N) is 3. The number of anilines is 1. The Balaban J connectivity index is 1.65. The first-order valence-electron chi connectivity index (χ1n) is 9.65. The second-order valence-corrected chi connectivity index (χ2v) is 9.67. The van der Waals surface area contributed by atoms with Crippen molar-refractivity contribution in [2.24, 2.45) is 10.7 Å². The molecule has 0 radical (unpaired) electrons. The van der Waals surface area contributed by atoms with E-state index < -0.39 is 38.8 Å². The predicted octanol–water partition coefficient (Wildman–Crippen LogP) is 2.31. The van der Waals surface area contributed by atoms with Crippen LogP contribution in [0.3, 0.4) is 0 Å². The zero-order valence-corrected chi connectivity index (χ0v) is 18.5. The quantitative estimate of drug-likeness (QED) is 0.664. The summed E-state index contributed by atoms with van der Waals surface area (Å²) in [5.41, 5.74) is 4.93. The van der Waals surface area contributed by atoms with Crippen LogP contribution in [0.15, 0.2) is 53.9 Å². The van der Waals surface area contributed by atoms with Crippen LogP contribution in [0.2, 0.25) is 0 Å². The number of carbonyl (C=O) groups excluding carboxylic acids is 1. The minimum Gasteiger partial charge on any atom is -0.465 e. The van der Waals surface area contributed by atoms with Crippen LogP contribution < -0.4 is 20.5 Å². The van der Waals surface area contributed by atoms with Crippen LogP contribution in [0.25, 0.3) is 0 Å². The van der Waals surface area contributed by atoms with Crippen LogP contribution in [0.1, 0.15) is 23.0 Å². The van der Waals surface area contributed by atoms with E-state index in [0.717, 1.165) is 22.6 Å². The molecule has 3 heterocycles. The SMILES string of the molecule is CN1C(N)=N[C@]2(C)c3cc(NC(=O)c4ccc(OC(F)(F)F)cn4)ccc3OC=C[C@@H]2S1(=O)=O. The van der Waals surface area contributed by atoms with Crippen molar-refractivity contribution in [2.45, 2.75) is 24.1 Å². The third-order valence-electron chi connectivity index (χ3n) is 5.36. The number of benzene rings is 1. The lowest BCUT2D eigenvalue weighted by molar-refractivity contribution is -0.274. The molecule has 2 atom stereocenters. The van der Waals surface area contributed by atoms with Gasteiger partial charge in [-0.25, -0.2) is 22.7 Å². The normalized spacial score (nSPS) is 23.0. The van der Waals surface area contributed by atoms with Crippen LogP contribution in [-0.2, 0) is 15.6 Å². The molecule has 0 spiro atoms. The van der Waals surface area contributed by atoms with Gasteiger partial charge in [0.05, 0.1) is 12.5 Å². The van der Waals surface area contributed by atoms with Crippen molar-refractivity contribution in [3.8, 4) is 11.5 Å². The Labute approximate surface area is 191 Å². The molecule has 1 aromatic carbocycles. The molecule has 0 saturated carbocycles. The zero-order valence-electron chi connectivity index (χ0n) is 17.7. The number of alkyl halides is 3. The lowest BCUT2D eigenvalue weighted by atomic mass is 9.88. The van der Waals surface area contributed by atoms with Gasteiger partial charge >= 0.3 is 6.36 Å². The number of aromatic nitrogens is 1. The number of rotatable bonds is 3. The van der Waals surface area contributed by atoms with Gasteiger partial charge in [-0.05, 0) is 43.3 Å². The Morgan fingerprint density at radius 1 is 1.29 bits per heavy atom. The second-order valence-electron chi connectivity index (χ2n) is 7.59. The van der Waals surface area contributed by atoms with Crippen LogP contribution in [0.4, 0.5) is 18.9 Å². The number of aliphatic imine (C=N–C) groups is 1. The van der Waals surface area contributed by atoms with Crippen LogP contribution in [0, 0.1) is 0 Å². The van der Waals surface area contributed by atoms with E-state index in [1.165, 1.54) is 37.6 Å². The highest BCUT2D eigenvalue weighted by Crippen LogP contribution is 2.45. The molecular formula is C20H18F3N5O5S. The highest BCUT2D eigenvalue weighted by molar-refractivity contribution is 7.90. The third-order valence-corrected chi connectivity index (χ3v) is 7.57. The van der Waals surface area contributed by atoms with E-state index in [9.17, 15) is 26.4 Å². The molecule has 0 unspecified atom stereocenters. The number of nitrogens with one attached hydrogen (secondary N) is 1. The molecule has 2 aliphatic rings. The van der Waals surface area contributed by atoms with Crippen molar-refractivity contribution >= 4 is 27.6 Å². The van der Waals surface area contributed by atoms with Crippen LogP contribution in [-0.4, -0.2) is 48.2 Å². The molecule has 3 N–H and O–H groups in total. The molecule has 10 nitrogen and oxygen atoms in total. The number of pyridine rings is 1. The summed E-state index contributed by atoms with van der Waals surface area (Å²) in [6.45, 7) is 1.58. The molecule has 4 rings (SSSR count). The highest BCUT2D eigenvalue weighted by atomic mass is 32.2. The van der Waals surface area contributed by atoms with E-state index in [4.69, 9.17) is 10.5 Å². The zero-order chi connectivity index (χ0) is 24.9. The molecule has 0 fully saturated rings. The summed E-state index contributed by atoms with van der Waals surface area (Å²) < 4.78 is 73.0. The Hall–Kier alpha value is -3.81. The van der Waals surface area contributed by atoms with E-state index >= 15 is 0 Å². The first kappa shape index (κ1) is 23.4. The van der Waals surface area contributed by atoms with Crippen molar-refractivity contribution < 1.29 is 35.9 Å². The maximum Gasteiger partial charge on any atom is 0.573 e. The summed E-state index contributed by atoms with van der Waals surface area (Å²) in [6, 6.07) is 6.54. The van der Waals surface area contributed by atoms with Crippen molar-refractivity contribution in [3.63, 3.8) is 0 Å². The lowest BCUT2D eigenvalue weighted by Crippen LogP contribution is -2.55. The van der Waals surface area contributed by atoms with E-state index in [1.807, 2.05) is 0 Å². The van der Waals surface area contributed by atoms with Crippen molar-refractivity contribution in [1.82, 2.24) is 9.29 Å².